The van der Waals surface area contributed by atoms with E-state index >= 15 is 0 Å². The summed E-state index contributed by atoms with van der Waals surface area (Å²) in [5, 5.41) is 22.6. The number of allylic oxidation sites excluding steroid dienone is 1. The van der Waals surface area contributed by atoms with Crippen molar-refractivity contribution in [2.75, 3.05) is 26.2 Å². The zero-order valence-corrected chi connectivity index (χ0v) is 21.3. The maximum atomic E-state index is 13.2. The number of carbonyl (C=O) groups excluding carboxylic acids is 2. The first-order valence-corrected chi connectivity index (χ1v) is 12.3. The number of aromatic nitrogens is 1. The number of nitro benzene ring substituents is 1. The topological polar surface area (TPSA) is 138 Å². The Morgan fingerprint density at radius 3 is 2.63 bits per heavy atom. The van der Waals surface area contributed by atoms with Crippen molar-refractivity contribution in [1.29, 1.82) is 0 Å². The molecule has 0 atom stereocenters. The molecule has 1 fully saturated rings. The number of carbonyl (C=O) groups is 2. The molecule has 1 saturated heterocycles. The van der Waals surface area contributed by atoms with Crippen LogP contribution in [0, 0.1) is 10.1 Å². The fraction of sp³-hybridized carbons (Fsp3) is 0.333. The molecule has 1 aromatic heterocycles. The van der Waals surface area contributed by atoms with E-state index in [1.54, 1.807) is 29.3 Å². The number of hydrogen-bond donors (Lipinski definition) is 2. The van der Waals surface area contributed by atoms with E-state index < -0.39 is 10.5 Å². The standard InChI is InChI=1S/C27H28N4O7/c1-27(2,3)38-26(34)30-11-9-29(10-12-30)15-19-21(32)8-7-18-24(33)22(37-25(18)19)13-16-14-28-23-17(16)5-4-6-20(23)31(35)36/h4-8,13-14,28,32H,9-12,15H2,1-3H3. The van der Waals surface area contributed by atoms with Crippen LogP contribution in [-0.2, 0) is 11.3 Å². The number of piperazine rings is 1. The summed E-state index contributed by atoms with van der Waals surface area (Å²) in [6.07, 6.45) is 2.78. The number of Topliss-reactive ketones (excluding diaryl/α,β-unsaturated/α-hetero) is 1. The predicted molar refractivity (Wildman–Crippen MR) is 139 cm³/mol. The molecule has 2 aliphatic heterocycles. The van der Waals surface area contributed by atoms with Crippen LogP contribution in [0.15, 0.2) is 42.3 Å². The van der Waals surface area contributed by atoms with Gasteiger partial charge in [0.15, 0.2) is 5.76 Å². The van der Waals surface area contributed by atoms with Crippen LogP contribution in [0.25, 0.3) is 17.0 Å². The number of phenols is 1. The van der Waals surface area contributed by atoms with Crippen molar-refractivity contribution < 1.29 is 29.1 Å². The Morgan fingerprint density at radius 1 is 1.21 bits per heavy atom. The minimum atomic E-state index is -0.568. The zero-order chi connectivity index (χ0) is 27.2. The number of aromatic hydroxyl groups is 1. The highest BCUT2D eigenvalue weighted by Crippen LogP contribution is 2.41. The van der Waals surface area contributed by atoms with Gasteiger partial charge < -0.3 is 24.5 Å². The monoisotopic (exact) mass is 520 g/mol. The van der Waals surface area contributed by atoms with Crippen LogP contribution < -0.4 is 4.74 Å². The van der Waals surface area contributed by atoms with Gasteiger partial charge in [-0.25, -0.2) is 4.79 Å². The van der Waals surface area contributed by atoms with Crippen molar-refractivity contribution in [1.82, 2.24) is 14.8 Å². The number of ketones is 1. The van der Waals surface area contributed by atoms with Crippen molar-refractivity contribution in [3.63, 3.8) is 0 Å². The lowest BCUT2D eigenvalue weighted by Crippen LogP contribution is -2.49. The fourth-order valence-corrected chi connectivity index (χ4v) is 4.66. The van der Waals surface area contributed by atoms with E-state index in [-0.39, 0.29) is 29.1 Å². The first-order chi connectivity index (χ1) is 18.0. The van der Waals surface area contributed by atoms with E-state index in [1.165, 1.54) is 18.2 Å². The van der Waals surface area contributed by atoms with Crippen LogP contribution in [0.2, 0.25) is 0 Å². The van der Waals surface area contributed by atoms with Gasteiger partial charge in [0.25, 0.3) is 5.69 Å². The Labute approximate surface area is 218 Å². The third-order valence-electron chi connectivity index (χ3n) is 6.53. The van der Waals surface area contributed by atoms with Gasteiger partial charge in [0.1, 0.15) is 22.6 Å². The van der Waals surface area contributed by atoms with Crippen LogP contribution in [-0.4, -0.2) is 68.5 Å². The lowest BCUT2D eigenvalue weighted by atomic mass is 10.0. The summed E-state index contributed by atoms with van der Waals surface area (Å²) in [5.41, 5.74) is 1.12. The molecule has 2 aliphatic rings. The summed E-state index contributed by atoms with van der Waals surface area (Å²) in [6.45, 7) is 7.88. The highest BCUT2D eigenvalue weighted by atomic mass is 16.6. The molecule has 11 nitrogen and oxygen atoms in total. The van der Waals surface area contributed by atoms with Gasteiger partial charge in [0.05, 0.1) is 16.1 Å². The van der Waals surface area contributed by atoms with E-state index in [1.807, 2.05) is 20.8 Å². The van der Waals surface area contributed by atoms with Gasteiger partial charge in [-0.05, 0) is 39.0 Å². The van der Waals surface area contributed by atoms with E-state index in [0.717, 1.165) is 0 Å². The zero-order valence-electron chi connectivity index (χ0n) is 21.3. The predicted octanol–water partition coefficient (Wildman–Crippen LogP) is 4.45. The van der Waals surface area contributed by atoms with Crippen molar-refractivity contribution in [3.8, 4) is 11.5 Å². The van der Waals surface area contributed by atoms with Gasteiger partial charge in [0.2, 0.25) is 5.78 Å². The van der Waals surface area contributed by atoms with Gasteiger partial charge >= 0.3 is 6.09 Å². The van der Waals surface area contributed by atoms with Crippen LogP contribution in [0.1, 0.15) is 42.3 Å². The lowest BCUT2D eigenvalue weighted by Gasteiger charge is -2.35. The van der Waals surface area contributed by atoms with Gasteiger partial charge in [-0.2, -0.15) is 0 Å². The molecule has 0 aliphatic carbocycles. The molecule has 3 aromatic rings. The third-order valence-corrected chi connectivity index (χ3v) is 6.53. The second kappa shape index (κ2) is 9.49. The van der Waals surface area contributed by atoms with Crippen LogP contribution in [0.3, 0.4) is 0 Å². The maximum Gasteiger partial charge on any atom is 0.410 e. The number of nitrogens with zero attached hydrogens (tertiary/aromatic N) is 3. The molecule has 38 heavy (non-hydrogen) atoms. The molecule has 3 heterocycles. The normalized spacial score (nSPS) is 17.1. The number of aromatic amines is 1. The molecule has 1 amide bonds. The smallest absolute Gasteiger partial charge is 0.410 e. The number of para-hydroxylation sites is 1. The quantitative estimate of drug-likeness (QED) is 0.292. The molecular weight excluding hydrogens is 492 g/mol. The number of fused-ring (bicyclic) bond motifs is 2. The first-order valence-electron chi connectivity index (χ1n) is 12.3. The molecular formula is C27H28N4O7. The number of hydrogen-bond acceptors (Lipinski definition) is 8. The number of non-ortho nitro benzene ring substituents is 1. The number of nitrogens with one attached hydrogen (secondary N) is 1. The van der Waals surface area contributed by atoms with E-state index in [0.29, 0.717) is 66.1 Å². The minimum absolute atomic E-state index is 0.00934. The molecule has 0 unspecified atom stereocenters. The Kier molecular flexibility index (Phi) is 6.31. The van der Waals surface area contributed by atoms with E-state index in [4.69, 9.17) is 9.47 Å². The molecule has 0 saturated carbocycles. The molecule has 0 bridgehead atoms. The van der Waals surface area contributed by atoms with Gasteiger partial charge in [-0.3, -0.25) is 19.8 Å². The SMILES string of the molecule is CC(C)(C)OC(=O)N1CCN(Cc2c(O)ccc3c2OC(=Cc2c[nH]c4c([N+](=O)[O-])cccc24)C3=O)CC1. The molecule has 0 radical (unpaired) electrons. The van der Waals surface area contributed by atoms with E-state index in [2.05, 4.69) is 9.88 Å². The molecule has 2 aromatic carbocycles. The fourth-order valence-electron chi connectivity index (χ4n) is 4.66. The lowest BCUT2D eigenvalue weighted by molar-refractivity contribution is -0.383. The number of phenolic OH excluding ortho intramolecular Hbond substituents is 1. The van der Waals surface area contributed by atoms with Crippen molar-refractivity contribution in [2.24, 2.45) is 0 Å². The van der Waals surface area contributed by atoms with Crippen molar-refractivity contribution >= 4 is 34.5 Å². The highest BCUT2D eigenvalue weighted by molar-refractivity contribution is 6.15. The summed E-state index contributed by atoms with van der Waals surface area (Å²) in [4.78, 5) is 43.0. The van der Waals surface area contributed by atoms with Crippen LogP contribution in [0.4, 0.5) is 10.5 Å². The number of H-pyrrole nitrogens is 1. The van der Waals surface area contributed by atoms with Crippen molar-refractivity contribution in [3.05, 3.63) is 69.1 Å². The molecule has 0 spiro atoms. The Bertz CT molecular complexity index is 1480. The number of rotatable bonds is 4. The van der Waals surface area contributed by atoms with Crippen molar-refractivity contribution in [2.45, 2.75) is 32.9 Å². The van der Waals surface area contributed by atoms with Gasteiger partial charge in [-0.15, -0.1) is 0 Å². The average molecular weight is 521 g/mol. The Balaban J connectivity index is 1.35. The number of nitro groups is 1. The summed E-state index contributed by atoms with van der Waals surface area (Å²) in [6, 6.07) is 7.72. The van der Waals surface area contributed by atoms with Gasteiger partial charge in [-0.1, -0.05) is 12.1 Å². The average Bonchev–Trinajstić information content (AvgIpc) is 3.41. The second-order valence-electron chi connectivity index (χ2n) is 10.3. The third kappa shape index (κ3) is 4.80. The second-order valence-corrected chi connectivity index (χ2v) is 10.3. The number of amides is 1. The molecule has 198 valence electrons. The van der Waals surface area contributed by atoms with E-state index in [9.17, 15) is 24.8 Å². The summed E-state index contributed by atoms with van der Waals surface area (Å²) in [5.74, 6) is 0.0292. The highest BCUT2D eigenvalue weighted by Gasteiger charge is 2.33. The molecule has 5 rings (SSSR count). The largest absolute Gasteiger partial charge is 0.507 e. The summed E-state index contributed by atoms with van der Waals surface area (Å²) < 4.78 is 11.4. The van der Waals surface area contributed by atoms with Crippen LogP contribution in [0.5, 0.6) is 11.5 Å². The Hall–Kier alpha value is -4.38. The summed E-state index contributed by atoms with van der Waals surface area (Å²) >= 11 is 0. The first kappa shape index (κ1) is 25.3. The molecule has 11 heteroatoms. The minimum Gasteiger partial charge on any atom is -0.507 e. The maximum absolute atomic E-state index is 13.2. The number of ether oxygens (including phenoxy) is 2. The van der Waals surface area contributed by atoms with Gasteiger partial charge in [0, 0.05) is 55.9 Å². The summed E-state index contributed by atoms with van der Waals surface area (Å²) in [7, 11) is 0. The Morgan fingerprint density at radius 2 is 1.95 bits per heavy atom. The van der Waals surface area contributed by atoms with Crippen LogP contribution >= 0.6 is 0 Å². The number of benzene rings is 2. The molecule has 2 N–H and O–H groups in total.